The minimum atomic E-state index is -0.398. The van der Waals surface area contributed by atoms with Crippen LogP contribution in [0.5, 0.6) is 0 Å². The number of carbonyl (C=O) groups is 1. The molecule has 2 saturated carbocycles. The van der Waals surface area contributed by atoms with Gasteiger partial charge in [-0.3, -0.25) is 4.79 Å². The van der Waals surface area contributed by atoms with Crippen molar-refractivity contribution in [1.29, 1.82) is 0 Å². The van der Waals surface area contributed by atoms with Gasteiger partial charge in [-0.05, 0) is 50.7 Å². The number of benzene rings is 1. The van der Waals surface area contributed by atoms with Gasteiger partial charge in [0.2, 0.25) is 0 Å². The standard InChI is InChI=1S/C15H19FN2O/c1-9-13(16)6-11(7-14(9)17)15(19)18(12-4-5-12)8-10-2-3-10/h6-7,10,12H,2-5,8,17H2,1H3. The van der Waals surface area contributed by atoms with Crippen LogP contribution in [-0.2, 0) is 0 Å². The van der Waals surface area contributed by atoms with Crippen LogP contribution in [0.15, 0.2) is 12.1 Å². The molecule has 0 atom stereocenters. The molecule has 0 aliphatic heterocycles. The molecule has 0 spiro atoms. The highest BCUT2D eigenvalue weighted by Crippen LogP contribution is 2.36. The van der Waals surface area contributed by atoms with E-state index in [9.17, 15) is 9.18 Å². The SMILES string of the molecule is Cc1c(N)cc(C(=O)N(CC2CC2)C2CC2)cc1F. The lowest BCUT2D eigenvalue weighted by atomic mass is 10.1. The molecule has 2 fully saturated rings. The first kappa shape index (κ1) is 12.5. The number of halogens is 1. The Hall–Kier alpha value is -1.58. The molecule has 0 aromatic heterocycles. The lowest BCUT2D eigenvalue weighted by Crippen LogP contribution is -2.35. The monoisotopic (exact) mass is 262 g/mol. The summed E-state index contributed by atoms with van der Waals surface area (Å²) in [6, 6.07) is 3.28. The summed E-state index contributed by atoms with van der Waals surface area (Å²) in [6.07, 6.45) is 4.56. The number of nitrogen functional groups attached to an aromatic ring is 1. The third-order valence-electron chi connectivity index (χ3n) is 4.03. The Morgan fingerprint density at radius 3 is 2.58 bits per heavy atom. The molecule has 0 unspecified atom stereocenters. The summed E-state index contributed by atoms with van der Waals surface area (Å²) in [6.45, 7) is 2.45. The van der Waals surface area contributed by atoms with Gasteiger partial charge in [0.1, 0.15) is 5.82 Å². The Kier molecular flexibility index (Phi) is 2.96. The second kappa shape index (κ2) is 4.51. The number of carbonyl (C=O) groups excluding carboxylic acids is 1. The molecule has 1 aromatic rings. The van der Waals surface area contributed by atoms with Gasteiger partial charge in [-0.1, -0.05) is 0 Å². The lowest BCUT2D eigenvalue weighted by Gasteiger charge is -2.22. The number of rotatable bonds is 4. The van der Waals surface area contributed by atoms with Crippen molar-refractivity contribution in [3.63, 3.8) is 0 Å². The third kappa shape index (κ3) is 2.57. The maximum Gasteiger partial charge on any atom is 0.254 e. The average molecular weight is 262 g/mol. The highest BCUT2D eigenvalue weighted by molar-refractivity contribution is 5.95. The quantitative estimate of drug-likeness (QED) is 0.848. The van der Waals surface area contributed by atoms with Crippen LogP contribution in [0.3, 0.4) is 0 Å². The Labute approximate surface area is 112 Å². The molecular weight excluding hydrogens is 243 g/mol. The Balaban J connectivity index is 1.84. The van der Waals surface area contributed by atoms with Gasteiger partial charge in [-0.25, -0.2) is 4.39 Å². The van der Waals surface area contributed by atoms with Crippen molar-refractivity contribution >= 4 is 11.6 Å². The van der Waals surface area contributed by atoms with E-state index in [2.05, 4.69) is 0 Å². The van der Waals surface area contributed by atoms with Crippen LogP contribution >= 0.6 is 0 Å². The van der Waals surface area contributed by atoms with Crippen LogP contribution < -0.4 is 5.73 Å². The Bertz CT molecular complexity index is 498. The maximum absolute atomic E-state index is 13.7. The zero-order valence-corrected chi connectivity index (χ0v) is 11.2. The summed E-state index contributed by atoms with van der Waals surface area (Å²) in [5.74, 6) is 0.183. The largest absolute Gasteiger partial charge is 0.398 e. The number of nitrogens with two attached hydrogens (primary N) is 1. The first-order valence-electron chi connectivity index (χ1n) is 6.93. The predicted molar refractivity (Wildman–Crippen MR) is 72.3 cm³/mol. The molecule has 2 N–H and O–H groups in total. The molecule has 3 nitrogen and oxygen atoms in total. The van der Waals surface area contributed by atoms with E-state index in [1.54, 1.807) is 13.0 Å². The van der Waals surface area contributed by atoms with Crippen molar-refractivity contribution in [1.82, 2.24) is 4.90 Å². The van der Waals surface area contributed by atoms with Crippen LogP contribution in [0.1, 0.15) is 41.6 Å². The van der Waals surface area contributed by atoms with E-state index in [1.165, 1.54) is 18.9 Å². The summed E-state index contributed by atoms with van der Waals surface area (Å²) in [5.41, 5.74) is 6.90. The molecule has 2 aliphatic carbocycles. The fraction of sp³-hybridized carbons (Fsp3) is 0.533. The summed E-state index contributed by atoms with van der Waals surface area (Å²) < 4.78 is 13.7. The van der Waals surface area contributed by atoms with E-state index in [-0.39, 0.29) is 5.91 Å². The summed E-state index contributed by atoms with van der Waals surface area (Å²) in [4.78, 5) is 14.4. The summed E-state index contributed by atoms with van der Waals surface area (Å²) in [5, 5.41) is 0. The molecular formula is C15H19FN2O. The van der Waals surface area contributed by atoms with E-state index in [0.717, 1.165) is 19.4 Å². The maximum atomic E-state index is 13.7. The number of nitrogens with zero attached hydrogens (tertiary/aromatic N) is 1. The van der Waals surface area contributed by atoms with E-state index in [0.29, 0.717) is 28.8 Å². The van der Waals surface area contributed by atoms with Gasteiger partial charge in [0.05, 0.1) is 0 Å². The van der Waals surface area contributed by atoms with Gasteiger partial charge < -0.3 is 10.6 Å². The zero-order chi connectivity index (χ0) is 13.6. The first-order valence-corrected chi connectivity index (χ1v) is 6.93. The van der Waals surface area contributed by atoms with E-state index in [4.69, 9.17) is 5.73 Å². The molecule has 0 radical (unpaired) electrons. The van der Waals surface area contributed by atoms with E-state index < -0.39 is 5.82 Å². The zero-order valence-electron chi connectivity index (χ0n) is 11.2. The van der Waals surface area contributed by atoms with Crippen molar-refractivity contribution in [3.05, 3.63) is 29.1 Å². The van der Waals surface area contributed by atoms with Crippen molar-refractivity contribution in [2.24, 2.45) is 5.92 Å². The summed E-state index contributed by atoms with van der Waals surface area (Å²) >= 11 is 0. The fourth-order valence-corrected chi connectivity index (χ4v) is 2.35. The van der Waals surface area contributed by atoms with Crippen LogP contribution in [0.4, 0.5) is 10.1 Å². The second-order valence-corrected chi connectivity index (χ2v) is 5.80. The van der Waals surface area contributed by atoms with Crippen LogP contribution in [0.2, 0.25) is 0 Å². The predicted octanol–water partition coefficient (Wildman–Crippen LogP) is 2.73. The minimum Gasteiger partial charge on any atom is -0.398 e. The highest BCUT2D eigenvalue weighted by atomic mass is 19.1. The van der Waals surface area contributed by atoms with Gasteiger partial charge >= 0.3 is 0 Å². The molecule has 0 bridgehead atoms. The molecule has 3 rings (SSSR count). The topological polar surface area (TPSA) is 46.3 Å². The average Bonchev–Trinajstić information content (AvgIpc) is 3.24. The van der Waals surface area contributed by atoms with Crippen molar-refractivity contribution < 1.29 is 9.18 Å². The molecule has 1 aromatic carbocycles. The third-order valence-corrected chi connectivity index (χ3v) is 4.03. The van der Waals surface area contributed by atoms with Gasteiger partial charge in [0.15, 0.2) is 0 Å². The second-order valence-electron chi connectivity index (χ2n) is 5.80. The molecule has 2 aliphatic rings. The number of hydrogen-bond acceptors (Lipinski definition) is 2. The fourth-order valence-electron chi connectivity index (χ4n) is 2.35. The highest BCUT2D eigenvalue weighted by Gasteiger charge is 2.37. The number of amides is 1. The van der Waals surface area contributed by atoms with Crippen molar-refractivity contribution in [2.45, 2.75) is 38.6 Å². The molecule has 0 saturated heterocycles. The number of anilines is 1. The van der Waals surface area contributed by atoms with Gasteiger partial charge in [0, 0.05) is 29.4 Å². The number of hydrogen-bond donors (Lipinski definition) is 1. The smallest absolute Gasteiger partial charge is 0.254 e. The van der Waals surface area contributed by atoms with Gasteiger partial charge in [-0.15, -0.1) is 0 Å². The van der Waals surface area contributed by atoms with Gasteiger partial charge in [-0.2, -0.15) is 0 Å². The Morgan fingerprint density at radius 1 is 1.37 bits per heavy atom. The van der Waals surface area contributed by atoms with Crippen molar-refractivity contribution in [3.8, 4) is 0 Å². The van der Waals surface area contributed by atoms with E-state index >= 15 is 0 Å². The molecule has 102 valence electrons. The molecule has 0 heterocycles. The van der Waals surface area contributed by atoms with Gasteiger partial charge in [0.25, 0.3) is 5.91 Å². The van der Waals surface area contributed by atoms with Crippen LogP contribution in [0.25, 0.3) is 0 Å². The first-order chi connectivity index (χ1) is 9.06. The normalized spacial score (nSPS) is 18.4. The molecule has 4 heteroatoms. The lowest BCUT2D eigenvalue weighted by molar-refractivity contribution is 0.0734. The molecule has 1 amide bonds. The summed E-state index contributed by atoms with van der Waals surface area (Å²) in [7, 11) is 0. The van der Waals surface area contributed by atoms with Crippen LogP contribution in [-0.4, -0.2) is 23.4 Å². The van der Waals surface area contributed by atoms with Crippen LogP contribution in [0, 0.1) is 18.7 Å². The molecule has 19 heavy (non-hydrogen) atoms. The Morgan fingerprint density at radius 2 is 2.05 bits per heavy atom. The van der Waals surface area contributed by atoms with Crippen molar-refractivity contribution in [2.75, 3.05) is 12.3 Å². The van der Waals surface area contributed by atoms with E-state index in [1.807, 2.05) is 4.90 Å². The minimum absolute atomic E-state index is 0.0694.